The van der Waals surface area contributed by atoms with E-state index in [1.807, 2.05) is 36.5 Å². The van der Waals surface area contributed by atoms with Gasteiger partial charge in [0, 0.05) is 17.7 Å². The maximum Gasteiger partial charge on any atom is 0.252 e. The highest BCUT2D eigenvalue weighted by Gasteiger charge is 2.20. The number of carbonyl (C=O) groups excluding carboxylic acids is 1. The summed E-state index contributed by atoms with van der Waals surface area (Å²) in [5.74, 6) is -0.380. The molecule has 23 heavy (non-hydrogen) atoms. The summed E-state index contributed by atoms with van der Waals surface area (Å²) >= 11 is 1.63. The summed E-state index contributed by atoms with van der Waals surface area (Å²) in [6.45, 7) is 0.407. The highest BCUT2D eigenvalue weighted by Crippen LogP contribution is 2.22. The molecule has 124 valence electrons. The van der Waals surface area contributed by atoms with Crippen LogP contribution in [-0.4, -0.2) is 46.1 Å². The molecular weight excluding hydrogens is 332 g/mol. The fraction of sp³-hybridized carbons (Fsp3) is 0.312. The summed E-state index contributed by atoms with van der Waals surface area (Å²) in [7, 11) is 0.445. The molecule has 1 heterocycles. The Balaban J connectivity index is 2.17. The van der Waals surface area contributed by atoms with Crippen molar-refractivity contribution in [2.45, 2.75) is 10.9 Å². The second-order valence-corrected chi connectivity index (χ2v) is 8.44. The largest absolute Gasteiger partial charge is 0.350 e. The molecule has 0 aliphatic heterocycles. The third-order valence-corrected chi connectivity index (χ3v) is 5.61. The molecule has 0 aliphatic carbocycles. The van der Waals surface area contributed by atoms with Crippen LogP contribution in [0.1, 0.15) is 21.3 Å². The van der Waals surface area contributed by atoms with Crippen molar-refractivity contribution in [2.24, 2.45) is 0 Å². The number of amides is 1. The van der Waals surface area contributed by atoms with E-state index in [-0.39, 0.29) is 22.4 Å². The van der Waals surface area contributed by atoms with Crippen molar-refractivity contribution in [1.82, 2.24) is 10.2 Å². The third kappa shape index (κ3) is 4.40. The first kappa shape index (κ1) is 17.7. The molecule has 0 unspecified atom stereocenters. The van der Waals surface area contributed by atoms with E-state index in [1.54, 1.807) is 23.5 Å². The minimum absolute atomic E-state index is 0.0457. The van der Waals surface area contributed by atoms with Gasteiger partial charge in [0.15, 0.2) is 9.84 Å². The fourth-order valence-corrected chi connectivity index (χ4v) is 4.09. The van der Waals surface area contributed by atoms with Crippen LogP contribution in [0.3, 0.4) is 0 Å². The molecule has 2 aromatic rings. The van der Waals surface area contributed by atoms with Crippen LogP contribution in [0.5, 0.6) is 0 Å². The van der Waals surface area contributed by atoms with Gasteiger partial charge in [0.25, 0.3) is 5.91 Å². The van der Waals surface area contributed by atoms with Gasteiger partial charge in [-0.25, -0.2) is 8.42 Å². The number of thiophene rings is 1. The molecule has 1 N–H and O–H groups in total. The van der Waals surface area contributed by atoms with Gasteiger partial charge >= 0.3 is 0 Å². The topological polar surface area (TPSA) is 66.5 Å². The zero-order chi connectivity index (χ0) is 17.0. The van der Waals surface area contributed by atoms with Crippen molar-refractivity contribution in [3.8, 4) is 0 Å². The van der Waals surface area contributed by atoms with Gasteiger partial charge < -0.3 is 10.2 Å². The Morgan fingerprint density at radius 2 is 1.91 bits per heavy atom. The van der Waals surface area contributed by atoms with Crippen molar-refractivity contribution in [3.05, 3.63) is 52.2 Å². The summed E-state index contributed by atoms with van der Waals surface area (Å²) < 4.78 is 23.6. The summed E-state index contributed by atoms with van der Waals surface area (Å²) in [5, 5.41) is 4.84. The summed E-state index contributed by atoms with van der Waals surface area (Å²) in [6, 6.07) is 10.3. The highest BCUT2D eigenvalue weighted by molar-refractivity contribution is 7.90. The Kier molecular flexibility index (Phi) is 5.56. The predicted molar refractivity (Wildman–Crippen MR) is 92.6 cm³/mol. The van der Waals surface area contributed by atoms with Crippen molar-refractivity contribution in [2.75, 3.05) is 26.9 Å². The number of benzene rings is 1. The van der Waals surface area contributed by atoms with Crippen LogP contribution in [0.15, 0.2) is 46.7 Å². The summed E-state index contributed by atoms with van der Waals surface area (Å²) in [6.07, 6.45) is 1.10. The molecule has 1 aromatic heterocycles. The molecule has 7 heteroatoms. The van der Waals surface area contributed by atoms with Gasteiger partial charge in [-0.15, -0.1) is 11.3 Å². The molecule has 0 aliphatic rings. The van der Waals surface area contributed by atoms with E-state index in [2.05, 4.69) is 5.32 Å². The summed E-state index contributed by atoms with van der Waals surface area (Å²) in [4.78, 5) is 15.6. The number of hydrogen-bond acceptors (Lipinski definition) is 5. The van der Waals surface area contributed by atoms with E-state index in [1.165, 1.54) is 12.1 Å². The second-order valence-electron chi connectivity index (χ2n) is 5.47. The Hall–Kier alpha value is -1.70. The average molecular weight is 352 g/mol. The number of likely N-dealkylation sites (N-methyl/N-ethyl adjacent to an activating group) is 1. The van der Waals surface area contributed by atoms with E-state index < -0.39 is 9.84 Å². The van der Waals surface area contributed by atoms with E-state index in [0.717, 1.165) is 11.1 Å². The Morgan fingerprint density at radius 1 is 1.22 bits per heavy atom. The molecule has 0 fully saturated rings. The van der Waals surface area contributed by atoms with Gasteiger partial charge in [-0.1, -0.05) is 18.2 Å². The average Bonchev–Trinajstić information content (AvgIpc) is 3.00. The van der Waals surface area contributed by atoms with Gasteiger partial charge in [0.05, 0.1) is 16.5 Å². The molecule has 0 spiro atoms. The maximum absolute atomic E-state index is 12.4. The van der Waals surface area contributed by atoms with Crippen LogP contribution in [0.25, 0.3) is 0 Å². The van der Waals surface area contributed by atoms with Gasteiger partial charge in [-0.3, -0.25) is 4.79 Å². The van der Waals surface area contributed by atoms with E-state index in [0.29, 0.717) is 6.54 Å². The zero-order valence-electron chi connectivity index (χ0n) is 13.3. The quantitative estimate of drug-likeness (QED) is 0.865. The van der Waals surface area contributed by atoms with Gasteiger partial charge in [-0.05, 0) is 37.7 Å². The zero-order valence-corrected chi connectivity index (χ0v) is 14.9. The molecule has 0 radical (unpaired) electrons. The molecule has 2 rings (SSSR count). The lowest BCUT2D eigenvalue weighted by Gasteiger charge is -2.23. The Labute approximate surface area is 140 Å². The van der Waals surface area contributed by atoms with Crippen molar-refractivity contribution >= 4 is 27.1 Å². The molecule has 0 saturated carbocycles. The first-order chi connectivity index (χ1) is 10.8. The molecule has 1 aromatic carbocycles. The molecule has 1 atom stereocenters. The Bertz CT molecular complexity index is 768. The first-order valence-corrected chi connectivity index (χ1v) is 9.85. The van der Waals surface area contributed by atoms with E-state index in [9.17, 15) is 13.2 Å². The normalized spacial score (nSPS) is 13.0. The minimum Gasteiger partial charge on any atom is -0.350 e. The number of hydrogen-bond donors (Lipinski definition) is 1. The standard InChI is InChI=1S/C16H20N2O3S2/c1-18(2)13(14-8-6-10-22-14)11-17-16(19)12-7-4-5-9-15(12)23(3,20)21/h4-10,13H,11H2,1-3H3,(H,17,19)/t13-/m1/s1. The SMILES string of the molecule is CN(C)[C@H](CNC(=O)c1ccccc1S(C)(=O)=O)c1cccs1. The Morgan fingerprint density at radius 3 is 2.48 bits per heavy atom. The lowest BCUT2D eigenvalue weighted by molar-refractivity contribution is 0.0939. The highest BCUT2D eigenvalue weighted by atomic mass is 32.2. The number of sulfone groups is 1. The van der Waals surface area contributed by atoms with Crippen LogP contribution in [0.2, 0.25) is 0 Å². The fourth-order valence-electron chi connectivity index (χ4n) is 2.28. The molecular formula is C16H20N2O3S2. The van der Waals surface area contributed by atoms with Crippen LogP contribution in [0.4, 0.5) is 0 Å². The molecule has 0 saturated heterocycles. The van der Waals surface area contributed by atoms with Gasteiger partial charge in [0.1, 0.15) is 0 Å². The number of nitrogens with one attached hydrogen (secondary N) is 1. The smallest absolute Gasteiger partial charge is 0.252 e. The minimum atomic E-state index is -3.45. The van der Waals surface area contributed by atoms with Crippen LogP contribution in [-0.2, 0) is 9.84 Å². The molecule has 1 amide bonds. The summed E-state index contributed by atoms with van der Waals surface area (Å²) in [5.41, 5.74) is 0.179. The lowest BCUT2D eigenvalue weighted by atomic mass is 10.2. The monoisotopic (exact) mass is 352 g/mol. The molecule has 0 bridgehead atoms. The lowest BCUT2D eigenvalue weighted by Crippen LogP contribution is -2.34. The van der Waals surface area contributed by atoms with E-state index in [4.69, 9.17) is 0 Å². The first-order valence-electron chi connectivity index (χ1n) is 7.08. The number of carbonyl (C=O) groups is 1. The van der Waals surface area contributed by atoms with Crippen LogP contribution >= 0.6 is 11.3 Å². The van der Waals surface area contributed by atoms with Crippen molar-refractivity contribution in [1.29, 1.82) is 0 Å². The van der Waals surface area contributed by atoms with Crippen molar-refractivity contribution < 1.29 is 13.2 Å². The maximum atomic E-state index is 12.4. The number of nitrogens with zero attached hydrogens (tertiary/aromatic N) is 1. The second kappa shape index (κ2) is 7.25. The molecule has 5 nitrogen and oxygen atoms in total. The van der Waals surface area contributed by atoms with Crippen LogP contribution < -0.4 is 5.32 Å². The van der Waals surface area contributed by atoms with E-state index >= 15 is 0 Å². The van der Waals surface area contributed by atoms with Gasteiger partial charge in [0.2, 0.25) is 0 Å². The van der Waals surface area contributed by atoms with Crippen molar-refractivity contribution in [3.63, 3.8) is 0 Å². The predicted octanol–water partition coefficient (Wildman–Crippen LogP) is 2.18. The third-order valence-electron chi connectivity index (χ3n) is 3.48. The number of rotatable bonds is 6. The van der Waals surface area contributed by atoms with Crippen LogP contribution in [0, 0.1) is 0 Å². The van der Waals surface area contributed by atoms with Gasteiger partial charge in [-0.2, -0.15) is 0 Å².